The molecule has 6 heteroatoms. The Kier molecular flexibility index (Phi) is 5.91. The fourth-order valence-electron chi connectivity index (χ4n) is 3.08. The van der Waals surface area contributed by atoms with E-state index in [4.69, 9.17) is 4.74 Å². The third-order valence-corrected chi connectivity index (χ3v) is 5.86. The van der Waals surface area contributed by atoms with E-state index in [0.29, 0.717) is 17.2 Å². The molecule has 1 N–H and O–H groups in total. The predicted octanol–water partition coefficient (Wildman–Crippen LogP) is 4.75. The van der Waals surface area contributed by atoms with Crippen molar-refractivity contribution in [2.24, 2.45) is 0 Å². The van der Waals surface area contributed by atoms with Crippen LogP contribution in [0.25, 0.3) is 0 Å². The van der Waals surface area contributed by atoms with Gasteiger partial charge in [0.25, 0.3) is 0 Å². The van der Waals surface area contributed by atoms with Crippen molar-refractivity contribution in [2.75, 3.05) is 11.9 Å². The number of aryl methyl sites for hydroxylation is 1. The molecule has 1 aliphatic carbocycles. The lowest BCUT2D eigenvalue weighted by molar-refractivity contribution is -0.115. The average molecular weight is 422 g/mol. The summed E-state index contributed by atoms with van der Waals surface area (Å²) < 4.78 is 6.16. The number of rotatable bonds is 5. The van der Waals surface area contributed by atoms with Gasteiger partial charge in [-0.15, -0.1) is 11.3 Å². The van der Waals surface area contributed by atoms with Crippen LogP contribution in [-0.2, 0) is 28.8 Å². The zero-order valence-electron chi connectivity index (χ0n) is 14.1. The van der Waals surface area contributed by atoms with Gasteiger partial charge in [-0.25, -0.2) is 4.79 Å². The van der Waals surface area contributed by atoms with Crippen molar-refractivity contribution in [3.8, 4) is 0 Å². The Labute approximate surface area is 159 Å². The van der Waals surface area contributed by atoms with Crippen LogP contribution in [0.4, 0.5) is 5.00 Å². The van der Waals surface area contributed by atoms with Gasteiger partial charge in [0.05, 0.1) is 18.6 Å². The van der Waals surface area contributed by atoms with Gasteiger partial charge >= 0.3 is 5.97 Å². The molecule has 0 unspecified atom stereocenters. The van der Waals surface area contributed by atoms with E-state index in [1.807, 2.05) is 24.3 Å². The summed E-state index contributed by atoms with van der Waals surface area (Å²) in [7, 11) is 0. The first-order valence-electron chi connectivity index (χ1n) is 8.44. The number of anilines is 1. The first kappa shape index (κ1) is 18.1. The van der Waals surface area contributed by atoms with Crippen molar-refractivity contribution in [1.82, 2.24) is 0 Å². The highest BCUT2D eigenvalue weighted by Gasteiger charge is 2.27. The summed E-state index contributed by atoms with van der Waals surface area (Å²) in [6.45, 7) is 2.12. The molecule has 0 atom stereocenters. The largest absolute Gasteiger partial charge is 0.462 e. The summed E-state index contributed by atoms with van der Waals surface area (Å²) in [4.78, 5) is 26.1. The molecule has 132 valence electrons. The summed E-state index contributed by atoms with van der Waals surface area (Å²) in [6, 6.07) is 7.66. The van der Waals surface area contributed by atoms with Gasteiger partial charge in [0, 0.05) is 9.35 Å². The van der Waals surface area contributed by atoms with E-state index in [1.165, 1.54) is 16.2 Å². The van der Waals surface area contributed by atoms with Gasteiger partial charge in [-0.3, -0.25) is 4.79 Å². The first-order chi connectivity index (χ1) is 12.1. The molecule has 3 rings (SSSR count). The molecule has 1 aromatic carbocycles. The maximum Gasteiger partial charge on any atom is 0.341 e. The Balaban J connectivity index is 1.82. The number of halogens is 1. The minimum Gasteiger partial charge on any atom is -0.462 e. The Morgan fingerprint density at radius 1 is 1.28 bits per heavy atom. The van der Waals surface area contributed by atoms with Crippen LogP contribution in [0.5, 0.6) is 0 Å². The molecule has 1 aromatic heterocycles. The summed E-state index contributed by atoms with van der Waals surface area (Å²) in [5.74, 6) is -0.457. The smallest absolute Gasteiger partial charge is 0.341 e. The number of esters is 1. The number of nitrogens with one attached hydrogen (secondary N) is 1. The molecular formula is C19H20BrNO3S. The Morgan fingerprint density at radius 2 is 2.08 bits per heavy atom. The third kappa shape index (κ3) is 4.30. The van der Waals surface area contributed by atoms with Gasteiger partial charge in [-0.1, -0.05) is 28.1 Å². The number of carbonyl (C=O) groups is 2. The number of hydrogen-bond donors (Lipinski definition) is 1. The van der Waals surface area contributed by atoms with E-state index in [2.05, 4.69) is 21.2 Å². The summed E-state index contributed by atoms with van der Waals surface area (Å²) >= 11 is 4.93. The van der Waals surface area contributed by atoms with E-state index in [1.54, 1.807) is 6.92 Å². The monoisotopic (exact) mass is 421 g/mol. The normalized spacial score (nSPS) is 13.2. The van der Waals surface area contributed by atoms with Crippen LogP contribution >= 0.6 is 27.3 Å². The van der Waals surface area contributed by atoms with Crippen molar-refractivity contribution in [1.29, 1.82) is 0 Å². The van der Waals surface area contributed by atoms with Crippen LogP contribution in [0.2, 0.25) is 0 Å². The second kappa shape index (κ2) is 8.15. The molecule has 0 aliphatic heterocycles. The van der Waals surface area contributed by atoms with Gasteiger partial charge in [-0.05, 0) is 55.9 Å². The SMILES string of the molecule is CCOC(=O)c1c(NC(=O)Cc2cccc(Br)c2)sc2c1CCCC2. The zero-order valence-corrected chi connectivity index (χ0v) is 16.5. The number of hydrogen-bond acceptors (Lipinski definition) is 4. The Hall–Kier alpha value is -1.66. The first-order valence-corrected chi connectivity index (χ1v) is 10.1. The van der Waals surface area contributed by atoms with Crippen molar-refractivity contribution in [2.45, 2.75) is 39.0 Å². The zero-order chi connectivity index (χ0) is 17.8. The third-order valence-electron chi connectivity index (χ3n) is 4.16. The second-order valence-electron chi connectivity index (χ2n) is 5.99. The van der Waals surface area contributed by atoms with Gasteiger partial charge in [0.1, 0.15) is 5.00 Å². The lowest BCUT2D eigenvalue weighted by Crippen LogP contribution is -2.17. The Morgan fingerprint density at radius 3 is 2.84 bits per heavy atom. The van der Waals surface area contributed by atoms with E-state index < -0.39 is 0 Å². The van der Waals surface area contributed by atoms with Crippen molar-refractivity contribution in [3.63, 3.8) is 0 Å². The maximum absolute atomic E-state index is 12.5. The number of thiophene rings is 1. The fourth-order valence-corrected chi connectivity index (χ4v) is 4.82. The number of fused-ring (bicyclic) bond motifs is 1. The molecule has 0 saturated heterocycles. The second-order valence-corrected chi connectivity index (χ2v) is 8.01. The minimum atomic E-state index is -0.334. The number of ether oxygens (including phenoxy) is 1. The quantitative estimate of drug-likeness (QED) is 0.708. The molecular weight excluding hydrogens is 402 g/mol. The number of amides is 1. The minimum absolute atomic E-state index is 0.123. The van der Waals surface area contributed by atoms with Gasteiger partial charge in [-0.2, -0.15) is 0 Å². The van der Waals surface area contributed by atoms with Gasteiger partial charge in [0.15, 0.2) is 0 Å². The van der Waals surface area contributed by atoms with Crippen LogP contribution in [0.15, 0.2) is 28.7 Å². The van der Waals surface area contributed by atoms with E-state index in [-0.39, 0.29) is 18.3 Å². The maximum atomic E-state index is 12.5. The summed E-state index contributed by atoms with van der Waals surface area (Å²) in [5.41, 5.74) is 2.54. The Bertz CT molecular complexity index is 800. The molecule has 1 heterocycles. The van der Waals surface area contributed by atoms with Crippen molar-refractivity contribution >= 4 is 44.1 Å². The molecule has 25 heavy (non-hydrogen) atoms. The van der Waals surface area contributed by atoms with Crippen LogP contribution in [-0.4, -0.2) is 18.5 Å². The number of carbonyl (C=O) groups excluding carboxylic acids is 2. The summed E-state index contributed by atoms with van der Waals surface area (Å²) in [6.07, 6.45) is 4.31. The molecule has 0 bridgehead atoms. The van der Waals surface area contributed by atoms with E-state index in [9.17, 15) is 9.59 Å². The number of benzene rings is 1. The fraction of sp³-hybridized carbons (Fsp3) is 0.368. The van der Waals surface area contributed by atoms with Crippen LogP contribution in [0.1, 0.15) is 46.1 Å². The molecule has 0 fully saturated rings. The molecule has 0 saturated carbocycles. The molecule has 2 aromatic rings. The standard InChI is InChI=1S/C19H20BrNO3S/c1-2-24-19(23)17-14-8-3-4-9-15(14)25-18(17)21-16(22)11-12-6-5-7-13(20)10-12/h5-7,10H,2-4,8-9,11H2,1H3,(H,21,22). The molecule has 1 amide bonds. The highest BCUT2D eigenvalue weighted by molar-refractivity contribution is 9.10. The summed E-state index contributed by atoms with van der Waals surface area (Å²) in [5, 5.41) is 3.57. The molecule has 0 radical (unpaired) electrons. The highest BCUT2D eigenvalue weighted by atomic mass is 79.9. The van der Waals surface area contributed by atoms with E-state index in [0.717, 1.165) is 41.3 Å². The van der Waals surface area contributed by atoms with Crippen LogP contribution in [0.3, 0.4) is 0 Å². The van der Waals surface area contributed by atoms with Crippen LogP contribution in [0, 0.1) is 0 Å². The van der Waals surface area contributed by atoms with E-state index >= 15 is 0 Å². The molecule has 0 spiro atoms. The van der Waals surface area contributed by atoms with Crippen LogP contribution < -0.4 is 5.32 Å². The predicted molar refractivity (Wildman–Crippen MR) is 103 cm³/mol. The molecule has 4 nitrogen and oxygen atoms in total. The lowest BCUT2D eigenvalue weighted by atomic mass is 9.95. The topological polar surface area (TPSA) is 55.4 Å². The van der Waals surface area contributed by atoms with Crippen molar-refractivity contribution in [3.05, 3.63) is 50.3 Å². The molecule has 1 aliphatic rings. The van der Waals surface area contributed by atoms with Gasteiger partial charge < -0.3 is 10.1 Å². The van der Waals surface area contributed by atoms with Gasteiger partial charge in [0.2, 0.25) is 5.91 Å². The highest BCUT2D eigenvalue weighted by Crippen LogP contribution is 2.38. The lowest BCUT2D eigenvalue weighted by Gasteiger charge is -2.12. The van der Waals surface area contributed by atoms with Crippen molar-refractivity contribution < 1.29 is 14.3 Å². The average Bonchev–Trinajstić information content (AvgIpc) is 2.92.